The van der Waals surface area contributed by atoms with Crippen molar-refractivity contribution in [1.82, 2.24) is 0 Å². The second-order valence-corrected chi connectivity index (χ2v) is 3.61. The zero-order valence-corrected chi connectivity index (χ0v) is 9.31. The van der Waals surface area contributed by atoms with Gasteiger partial charge in [-0.2, -0.15) is 0 Å². The fraction of sp³-hybridized carbons (Fsp3) is 0.0714. The van der Waals surface area contributed by atoms with Gasteiger partial charge in [-0.25, -0.2) is 4.39 Å². The molecular formula is C14H11FO2. The van der Waals surface area contributed by atoms with Gasteiger partial charge in [-0.3, -0.25) is 4.79 Å². The van der Waals surface area contributed by atoms with Crippen LogP contribution in [0.4, 0.5) is 4.39 Å². The highest BCUT2D eigenvalue weighted by Gasteiger charge is 2.08. The lowest BCUT2D eigenvalue weighted by Gasteiger charge is -2.06. The number of Topliss-reactive ketones (excluding diaryl/α,β-unsaturated/α-hetero) is 1. The monoisotopic (exact) mass is 230 g/mol. The average molecular weight is 230 g/mol. The summed E-state index contributed by atoms with van der Waals surface area (Å²) in [5, 5.41) is 0. The summed E-state index contributed by atoms with van der Waals surface area (Å²) in [5.74, 6) is 0.140. The van der Waals surface area contributed by atoms with Crippen LogP contribution in [0.3, 0.4) is 0 Å². The maximum Gasteiger partial charge on any atom is 0.162 e. The number of carbonyl (C=O) groups excluding carboxylic acids is 1. The highest BCUT2D eigenvalue weighted by Crippen LogP contribution is 2.23. The van der Waals surface area contributed by atoms with E-state index in [0.29, 0.717) is 11.5 Å². The van der Waals surface area contributed by atoms with Gasteiger partial charge in [-0.1, -0.05) is 18.2 Å². The Morgan fingerprint density at radius 1 is 1.06 bits per heavy atom. The average Bonchev–Trinajstić information content (AvgIpc) is 2.30. The van der Waals surface area contributed by atoms with E-state index in [1.165, 1.54) is 19.1 Å². The molecule has 0 bridgehead atoms. The molecule has 2 aromatic rings. The summed E-state index contributed by atoms with van der Waals surface area (Å²) in [6.45, 7) is 1.33. The summed E-state index contributed by atoms with van der Waals surface area (Å²) in [6.07, 6.45) is 0. The van der Waals surface area contributed by atoms with Crippen LogP contribution in [0.5, 0.6) is 11.5 Å². The molecule has 17 heavy (non-hydrogen) atoms. The predicted molar refractivity (Wildman–Crippen MR) is 62.9 cm³/mol. The van der Waals surface area contributed by atoms with Crippen molar-refractivity contribution in [1.29, 1.82) is 0 Å². The first kappa shape index (κ1) is 11.3. The van der Waals surface area contributed by atoms with Gasteiger partial charge in [-0.05, 0) is 31.2 Å². The molecule has 0 atom stereocenters. The van der Waals surface area contributed by atoms with E-state index in [4.69, 9.17) is 4.74 Å². The molecule has 0 aliphatic rings. The fourth-order valence-electron chi connectivity index (χ4n) is 1.47. The van der Waals surface area contributed by atoms with Crippen LogP contribution in [0.2, 0.25) is 0 Å². The largest absolute Gasteiger partial charge is 0.457 e. The second-order valence-electron chi connectivity index (χ2n) is 3.61. The van der Waals surface area contributed by atoms with Crippen LogP contribution < -0.4 is 4.74 Å². The van der Waals surface area contributed by atoms with E-state index in [2.05, 4.69) is 0 Å². The lowest BCUT2D eigenvalue weighted by Crippen LogP contribution is -1.97. The minimum absolute atomic E-state index is 0.0745. The molecule has 0 aliphatic heterocycles. The van der Waals surface area contributed by atoms with Crippen molar-refractivity contribution in [3.05, 3.63) is 59.9 Å². The van der Waals surface area contributed by atoms with Gasteiger partial charge in [0.2, 0.25) is 0 Å². The molecule has 0 radical (unpaired) electrons. The molecular weight excluding hydrogens is 219 g/mol. The van der Waals surface area contributed by atoms with Gasteiger partial charge in [0.15, 0.2) is 5.78 Å². The Balaban J connectivity index is 2.24. The Labute approximate surface area is 98.7 Å². The Hall–Kier alpha value is -2.16. The Bertz CT molecular complexity index is 535. The topological polar surface area (TPSA) is 26.3 Å². The molecule has 0 heterocycles. The number of benzene rings is 2. The van der Waals surface area contributed by atoms with Crippen molar-refractivity contribution in [3.63, 3.8) is 0 Å². The molecule has 86 valence electrons. The van der Waals surface area contributed by atoms with Gasteiger partial charge in [-0.15, -0.1) is 0 Å². The third-order valence-corrected chi connectivity index (χ3v) is 2.30. The van der Waals surface area contributed by atoms with Gasteiger partial charge in [0.25, 0.3) is 0 Å². The lowest BCUT2D eigenvalue weighted by molar-refractivity contribution is 0.101. The van der Waals surface area contributed by atoms with E-state index in [9.17, 15) is 9.18 Å². The van der Waals surface area contributed by atoms with E-state index in [1.807, 2.05) is 18.2 Å². The van der Waals surface area contributed by atoms with Gasteiger partial charge >= 0.3 is 0 Å². The first-order valence-corrected chi connectivity index (χ1v) is 5.20. The van der Waals surface area contributed by atoms with Crippen LogP contribution in [-0.2, 0) is 0 Å². The minimum atomic E-state index is -0.564. The normalized spacial score (nSPS) is 10.0. The molecule has 2 nitrogen and oxygen atoms in total. The number of rotatable bonds is 3. The maximum absolute atomic E-state index is 13.5. The summed E-state index contributed by atoms with van der Waals surface area (Å²) >= 11 is 0. The van der Waals surface area contributed by atoms with Crippen LogP contribution in [0.25, 0.3) is 0 Å². The molecule has 0 saturated carbocycles. The smallest absolute Gasteiger partial charge is 0.162 e. The summed E-state index contributed by atoms with van der Waals surface area (Å²) in [5.41, 5.74) is 0.0745. The molecule has 0 spiro atoms. The highest BCUT2D eigenvalue weighted by molar-refractivity contribution is 5.94. The van der Waals surface area contributed by atoms with Gasteiger partial charge < -0.3 is 4.74 Å². The molecule has 2 rings (SSSR count). The van der Waals surface area contributed by atoms with E-state index < -0.39 is 5.82 Å². The Morgan fingerprint density at radius 2 is 1.76 bits per heavy atom. The quantitative estimate of drug-likeness (QED) is 0.749. The molecule has 0 aliphatic carbocycles. The van der Waals surface area contributed by atoms with Crippen LogP contribution in [-0.4, -0.2) is 5.78 Å². The molecule has 0 unspecified atom stereocenters. The number of hydrogen-bond donors (Lipinski definition) is 0. The summed E-state index contributed by atoms with van der Waals surface area (Å²) in [4.78, 5) is 11.1. The minimum Gasteiger partial charge on any atom is -0.457 e. The molecule has 0 saturated heterocycles. The summed E-state index contributed by atoms with van der Waals surface area (Å²) < 4.78 is 18.9. The second kappa shape index (κ2) is 4.78. The van der Waals surface area contributed by atoms with Crippen molar-refractivity contribution in [3.8, 4) is 11.5 Å². The van der Waals surface area contributed by atoms with Crippen LogP contribution in [0, 0.1) is 5.82 Å². The standard InChI is InChI=1S/C14H11FO2/c1-10(16)13-8-7-12(9-14(13)15)17-11-5-3-2-4-6-11/h2-9H,1H3. The first-order chi connectivity index (χ1) is 8.16. The maximum atomic E-state index is 13.5. The molecule has 2 aromatic carbocycles. The summed E-state index contributed by atoms with van der Waals surface area (Å²) in [7, 11) is 0. The van der Waals surface area contributed by atoms with E-state index in [0.717, 1.165) is 0 Å². The van der Waals surface area contributed by atoms with Gasteiger partial charge in [0, 0.05) is 6.07 Å². The zero-order valence-electron chi connectivity index (χ0n) is 9.31. The number of halogens is 1. The van der Waals surface area contributed by atoms with Crippen molar-refractivity contribution < 1.29 is 13.9 Å². The van der Waals surface area contributed by atoms with Crippen molar-refractivity contribution in [2.45, 2.75) is 6.92 Å². The molecule has 3 heteroatoms. The van der Waals surface area contributed by atoms with Crippen molar-refractivity contribution >= 4 is 5.78 Å². The van der Waals surface area contributed by atoms with Crippen LogP contribution >= 0.6 is 0 Å². The molecule has 0 N–H and O–H groups in total. The van der Waals surface area contributed by atoms with Gasteiger partial charge in [0.1, 0.15) is 17.3 Å². The Morgan fingerprint density at radius 3 is 2.35 bits per heavy atom. The third-order valence-electron chi connectivity index (χ3n) is 2.30. The molecule has 0 aromatic heterocycles. The number of carbonyl (C=O) groups is 1. The third kappa shape index (κ3) is 2.69. The van der Waals surface area contributed by atoms with Crippen molar-refractivity contribution in [2.75, 3.05) is 0 Å². The number of para-hydroxylation sites is 1. The van der Waals surface area contributed by atoms with Gasteiger partial charge in [0.05, 0.1) is 5.56 Å². The zero-order chi connectivity index (χ0) is 12.3. The van der Waals surface area contributed by atoms with Crippen LogP contribution in [0.15, 0.2) is 48.5 Å². The van der Waals surface area contributed by atoms with E-state index in [-0.39, 0.29) is 11.3 Å². The fourth-order valence-corrected chi connectivity index (χ4v) is 1.47. The number of ketones is 1. The number of hydrogen-bond acceptors (Lipinski definition) is 2. The lowest BCUT2D eigenvalue weighted by atomic mass is 10.1. The van der Waals surface area contributed by atoms with E-state index >= 15 is 0 Å². The Kier molecular flexibility index (Phi) is 3.19. The van der Waals surface area contributed by atoms with E-state index in [1.54, 1.807) is 18.2 Å². The SMILES string of the molecule is CC(=O)c1ccc(Oc2ccccc2)cc1F. The first-order valence-electron chi connectivity index (χ1n) is 5.20. The summed E-state index contributed by atoms with van der Waals surface area (Å²) in [6, 6.07) is 13.3. The molecule has 0 amide bonds. The number of ether oxygens (including phenoxy) is 1. The van der Waals surface area contributed by atoms with Crippen molar-refractivity contribution in [2.24, 2.45) is 0 Å². The molecule has 0 fully saturated rings. The predicted octanol–water partition coefficient (Wildman–Crippen LogP) is 3.82. The highest BCUT2D eigenvalue weighted by atomic mass is 19.1. The van der Waals surface area contributed by atoms with Crippen LogP contribution in [0.1, 0.15) is 17.3 Å².